The largest absolute Gasteiger partial charge is 0.354 e. The molecular weight excluding hydrogens is 278 g/mol. The highest BCUT2D eigenvalue weighted by atomic mass is 16.1. The van der Waals surface area contributed by atoms with Crippen molar-refractivity contribution in [3.63, 3.8) is 0 Å². The number of amides is 1. The predicted octanol–water partition coefficient (Wildman–Crippen LogP) is 1.94. The molecule has 22 heavy (non-hydrogen) atoms. The summed E-state index contributed by atoms with van der Waals surface area (Å²) in [5.41, 5.74) is 1.30. The van der Waals surface area contributed by atoms with Gasteiger partial charge in [0.1, 0.15) is 6.33 Å². The van der Waals surface area contributed by atoms with Crippen LogP contribution in [0.1, 0.15) is 39.2 Å². The molecule has 0 aliphatic heterocycles. The summed E-state index contributed by atoms with van der Waals surface area (Å²) in [4.78, 5) is 12.0. The Morgan fingerprint density at radius 1 is 1.32 bits per heavy atom. The van der Waals surface area contributed by atoms with Crippen LogP contribution in [0.15, 0.2) is 36.7 Å². The molecule has 0 bridgehead atoms. The molecule has 1 aromatic heterocycles. The van der Waals surface area contributed by atoms with Crippen molar-refractivity contribution in [2.75, 3.05) is 0 Å². The molecule has 0 fully saturated rings. The van der Waals surface area contributed by atoms with E-state index >= 15 is 0 Å². The first kappa shape index (κ1) is 16.1. The van der Waals surface area contributed by atoms with Crippen LogP contribution in [0, 0.1) is 0 Å². The molecule has 118 valence electrons. The van der Waals surface area contributed by atoms with E-state index in [1.54, 1.807) is 4.68 Å². The maximum Gasteiger partial charge on any atom is 0.222 e. The number of carbonyl (C=O) groups is 1. The van der Waals surface area contributed by atoms with E-state index in [1.807, 2.05) is 25.1 Å². The van der Waals surface area contributed by atoms with Crippen LogP contribution in [0.2, 0.25) is 0 Å². The Hall–Kier alpha value is -2.24. The van der Waals surface area contributed by atoms with Gasteiger partial charge in [-0.1, -0.05) is 44.2 Å². The maximum absolute atomic E-state index is 12.0. The van der Waals surface area contributed by atoms with Gasteiger partial charge in [0.15, 0.2) is 0 Å². The number of carbonyl (C=O) groups excluding carboxylic acids is 1. The molecule has 1 atom stereocenters. The Bertz CT molecular complexity index is 580. The first-order valence-electron chi connectivity index (χ1n) is 7.53. The van der Waals surface area contributed by atoms with Gasteiger partial charge < -0.3 is 5.32 Å². The van der Waals surface area contributed by atoms with Crippen LogP contribution in [0.4, 0.5) is 0 Å². The van der Waals surface area contributed by atoms with Crippen LogP contribution in [0.5, 0.6) is 0 Å². The molecule has 2 aromatic rings. The van der Waals surface area contributed by atoms with Crippen molar-refractivity contribution in [3.8, 4) is 0 Å². The topological polar surface area (TPSA) is 72.7 Å². The van der Waals surface area contributed by atoms with Crippen LogP contribution in [0.3, 0.4) is 0 Å². The lowest BCUT2D eigenvalue weighted by atomic mass is 9.79. The minimum absolute atomic E-state index is 0.0176. The lowest BCUT2D eigenvalue weighted by molar-refractivity contribution is -0.122. The highest BCUT2D eigenvalue weighted by Gasteiger charge is 2.23. The molecule has 1 N–H and O–H groups in total. The Labute approximate surface area is 130 Å². The standard InChI is InChI=1S/C16H23N5O/c1-13(11-16(2,3)14-7-5-4-6-8-14)18-15(22)9-10-21-12-17-19-20-21/h4-8,12-13H,9-11H2,1-3H3,(H,18,22). The summed E-state index contributed by atoms with van der Waals surface area (Å²) in [6.45, 7) is 6.94. The highest BCUT2D eigenvalue weighted by molar-refractivity contribution is 5.76. The molecule has 1 unspecified atom stereocenters. The molecule has 1 heterocycles. The van der Waals surface area contributed by atoms with Crippen LogP contribution < -0.4 is 5.32 Å². The first-order chi connectivity index (χ1) is 10.5. The molecule has 0 saturated carbocycles. The van der Waals surface area contributed by atoms with E-state index in [2.05, 4.69) is 46.8 Å². The van der Waals surface area contributed by atoms with Crippen molar-refractivity contribution in [2.24, 2.45) is 0 Å². The SMILES string of the molecule is CC(CC(C)(C)c1ccccc1)NC(=O)CCn1cnnn1. The number of nitrogens with zero attached hydrogens (tertiary/aromatic N) is 4. The zero-order valence-corrected chi connectivity index (χ0v) is 13.4. The van der Waals surface area contributed by atoms with Crippen molar-refractivity contribution in [1.82, 2.24) is 25.5 Å². The number of hydrogen-bond acceptors (Lipinski definition) is 4. The van der Waals surface area contributed by atoms with Gasteiger partial charge in [0.2, 0.25) is 5.91 Å². The third kappa shape index (κ3) is 4.65. The van der Waals surface area contributed by atoms with Gasteiger partial charge in [-0.25, -0.2) is 4.68 Å². The molecule has 0 radical (unpaired) electrons. The van der Waals surface area contributed by atoms with E-state index in [0.29, 0.717) is 13.0 Å². The Morgan fingerprint density at radius 2 is 2.05 bits per heavy atom. The number of tetrazole rings is 1. The maximum atomic E-state index is 12.0. The summed E-state index contributed by atoms with van der Waals surface area (Å²) in [6, 6.07) is 10.5. The second kappa shape index (κ2) is 7.15. The lowest BCUT2D eigenvalue weighted by Gasteiger charge is -2.29. The Balaban J connectivity index is 1.81. The lowest BCUT2D eigenvalue weighted by Crippen LogP contribution is -2.37. The van der Waals surface area contributed by atoms with Crippen molar-refractivity contribution < 1.29 is 4.79 Å². The average Bonchev–Trinajstić information content (AvgIpc) is 2.98. The van der Waals surface area contributed by atoms with Gasteiger partial charge in [0, 0.05) is 12.5 Å². The third-order valence-corrected chi connectivity index (χ3v) is 3.74. The highest BCUT2D eigenvalue weighted by Crippen LogP contribution is 2.28. The van der Waals surface area contributed by atoms with Gasteiger partial charge in [-0.05, 0) is 34.7 Å². The smallest absolute Gasteiger partial charge is 0.222 e. The quantitative estimate of drug-likeness (QED) is 0.848. The van der Waals surface area contributed by atoms with Gasteiger partial charge in [0.25, 0.3) is 0 Å². The summed E-state index contributed by atoms with van der Waals surface area (Å²) >= 11 is 0. The van der Waals surface area contributed by atoms with E-state index in [-0.39, 0.29) is 17.4 Å². The summed E-state index contributed by atoms with van der Waals surface area (Å²) in [6.07, 6.45) is 2.77. The molecule has 6 nitrogen and oxygen atoms in total. The van der Waals surface area contributed by atoms with E-state index < -0.39 is 0 Å². The van der Waals surface area contributed by atoms with Crippen molar-refractivity contribution in [3.05, 3.63) is 42.2 Å². The molecule has 0 saturated heterocycles. The summed E-state index contributed by atoms with van der Waals surface area (Å²) in [5, 5.41) is 13.9. The minimum atomic E-state index is 0.0176. The fraction of sp³-hybridized carbons (Fsp3) is 0.500. The van der Waals surface area contributed by atoms with Crippen LogP contribution >= 0.6 is 0 Å². The Morgan fingerprint density at radius 3 is 2.68 bits per heavy atom. The van der Waals surface area contributed by atoms with Crippen molar-refractivity contribution >= 4 is 5.91 Å². The molecule has 6 heteroatoms. The van der Waals surface area contributed by atoms with E-state index in [4.69, 9.17) is 0 Å². The fourth-order valence-electron chi connectivity index (χ4n) is 2.67. The second-order valence-corrected chi connectivity index (χ2v) is 6.25. The van der Waals surface area contributed by atoms with Crippen molar-refractivity contribution in [1.29, 1.82) is 0 Å². The molecule has 0 aliphatic carbocycles. The normalized spacial score (nSPS) is 12.9. The van der Waals surface area contributed by atoms with E-state index in [1.165, 1.54) is 11.9 Å². The summed E-state index contributed by atoms with van der Waals surface area (Å²) < 4.78 is 1.55. The number of aromatic nitrogens is 4. The Kier molecular flexibility index (Phi) is 5.25. The number of aryl methyl sites for hydroxylation is 1. The summed E-state index contributed by atoms with van der Waals surface area (Å²) in [7, 11) is 0. The molecule has 0 aliphatic rings. The molecule has 2 rings (SSSR count). The van der Waals surface area contributed by atoms with Crippen LogP contribution in [0.25, 0.3) is 0 Å². The number of benzene rings is 1. The van der Waals surface area contributed by atoms with Gasteiger partial charge >= 0.3 is 0 Å². The third-order valence-electron chi connectivity index (χ3n) is 3.74. The van der Waals surface area contributed by atoms with Crippen LogP contribution in [-0.2, 0) is 16.8 Å². The van der Waals surface area contributed by atoms with Gasteiger partial charge in [-0.2, -0.15) is 0 Å². The van der Waals surface area contributed by atoms with Crippen LogP contribution in [-0.4, -0.2) is 32.2 Å². The molecule has 1 aromatic carbocycles. The van der Waals surface area contributed by atoms with Gasteiger partial charge in [-0.3, -0.25) is 4.79 Å². The van der Waals surface area contributed by atoms with Gasteiger partial charge in [0.05, 0.1) is 6.54 Å². The summed E-state index contributed by atoms with van der Waals surface area (Å²) in [5.74, 6) is 0.0202. The molecule has 1 amide bonds. The van der Waals surface area contributed by atoms with E-state index in [0.717, 1.165) is 6.42 Å². The number of hydrogen-bond donors (Lipinski definition) is 1. The van der Waals surface area contributed by atoms with E-state index in [9.17, 15) is 4.79 Å². The average molecular weight is 301 g/mol. The number of nitrogens with one attached hydrogen (secondary N) is 1. The van der Waals surface area contributed by atoms with Crippen molar-refractivity contribution in [2.45, 2.75) is 51.6 Å². The zero-order chi connectivity index (χ0) is 16.0. The second-order valence-electron chi connectivity index (χ2n) is 6.25. The van der Waals surface area contributed by atoms with Gasteiger partial charge in [-0.15, -0.1) is 5.10 Å². The molecule has 0 spiro atoms. The monoisotopic (exact) mass is 301 g/mol. The first-order valence-corrected chi connectivity index (χ1v) is 7.53. The fourth-order valence-corrected chi connectivity index (χ4v) is 2.67. The zero-order valence-electron chi connectivity index (χ0n) is 13.4. The molecular formula is C16H23N5O. The minimum Gasteiger partial charge on any atom is -0.354 e. The predicted molar refractivity (Wildman–Crippen MR) is 84.1 cm³/mol. The number of rotatable bonds is 7.